The number of ketones is 1. The van der Waals surface area contributed by atoms with E-state index in [0.717, 1.165) is 5.69 Å². The van der Waals surface area contributed by atoms with Crippen LogP contribution >= 0.6 is 0 Å². The number of anilines is 1. The molecule has 0 unspecified atom stereocenters. The molecule has 3 rings (SSSR count). The summed E-state index contributed by atoms with van der Waals surface area (Å²) in [6, 6.07) is 21.6. The number of hydrogen-bond acceptors (Lipinski definition) is 6. The van der Waals surface area contributed by atoms with Crippen molar-refractivity contribution in [1.29, 1.82) is 0 Å². The first-order valence-electron chi connectivity index (χ1n) is 9.29. The zero-order chi connectivity index (χ0) is 21.5. The maximum absolute atomic E-state index is 12.3. The number of carbonyl (C=O) groups is 3. The molecule has 0 bridgehead atoms. The van der Waals surface area contributed by atoms with Gasteiger partial charge in [-0.3, -0.25) is 4.79 Å². The van der Waals surface area contributed by atoms with Gasteiger partial charge in [-0.1, -0.05) is 18.2 Å². The van der Waals surface area contributed by atoms with Crippen LogP contribution < -0.4 is 9.64 Å². The summed E-state index contributed by atoms with van der Waals surface area (Å²) in [5.41, 5.74) is 2.11. The molecule has 0 aliphatic carbocycles. The molecule has 0 aliphatic heterocycles. The molecule has 0 N–H and O–H groups in total. The Hall–Kier alpha value is -3.93. The molecule has 3 aromatic carbocycles. The van der Waals surface area contributed by atoms with Gasteiger partial charge in [0.15, 0.2) is 12.4 Å². The van der Waals surface area contributed by atoms with Crippen molar-refractivity contribution < 1.29 is 23.9 Å². The molecular formula is C24H21NO5. The van der Waals surface area contributed by atoms with Crippen LogP contribution in [0.15, 0.2) is 78.9 Å². The number of benzene rings is 3. The molecule has 0 saturated carbocycles. The van der Waals surface area contributed by atoms with Crippen LogP contribution in [0.1, 0.15) is 31.1 Å². The SMILES string of the molecule is CN(C)c1ccc(C(=O)OCC(=O)c2ccc(OC(=O)c3ccccc3)cc2)cc1. The summed E-state index contributed by atoms with van der Waals surface area (Å²) >= 11 is 0. The lowest BCUT2D eigenvalue weighted by molar-refractivity contribution is 0.0474. The number of Topliss-reactive ketones (excluding diaryl/α,β-unsaturated/α-hetero) is 1. The monoisotopic (exact) mass is 403 g/mol. The third-order valence-corrected chi connectivity index (χ3v) is 4.35. The van der Waals surface area contributed by atoms with Crippen LogP contribution in [-0.4, -0.2) is 38.4 Å². The summed E-state index contributed by atoms with van der Waals surface area (Å²) in [7, 11) is 3.81. The zero-order valence-electron chi connectivity index (χ0n) is 16.7. The fourth-order valence-corrected chi connectivity index (χ4v) is 2.64. The second kappa shape index (κ2) is 9.52. The number of esters is 2. The van der Waals surface area contributed by atoms with Gasteiger partial charge in [0.05, 0.1) is 11.1 Å². The zero-order valence-corrected chi connectivity index (χ0v) is 16.7. The molecule has 0 spiro atoms. The standard InChI is InChI=1S/C24H21NO5/c1-25(2)20-12-8-19(9-13-20)23(27)29-16-22(26)17-10-14-21(15-11-17)30-24(28)18-6-4-3-5-7-18/h3-15H,16H2,1-2H3. The molecule has 6 nitrogen and oxygen atoms in total. The number of rotatable bonds is 7. The minimum absolute atomic E-state index is 0.318. The van der Waals surface area contributed by atoms with Crippen LogP contribution in [-0.2, 0) is 4.74 Å². The highest BCUT2D eigenvalue weighted by atomic mass is 16.5. The van der Waals surface area contributed by atoms with Crippen molar-refractivity contribution in [3.05, 3.63) is 95.6 Å². The topological polar surface area (TPSA) is 72.9 Å². The average Bonchev–Trinajstić information content (AvgIpc) is 2.78. The fraction of sp³-hybridized carbons (Fsp3) is 0.125. The Morgan fingerprint density at radius 3 is 1.87 bits per heavy atom. The van der Waals surface area contributed by atoms with Gasteiger partial charge >= 0.3 is 11.9 Å². The van der Waals surface area contributed by atoms with Crippen molar-refractivity contribution in [3.63, 3.8) is 0 Å². The molecule has 6 heteroatoms. The minimum atomic E-state index is -0.568. The average molecular weight is 403 g/mol. The van der Waals surface area contributed by atoms with E-state index in [1.807, 2.05) is 25.1 Å². The highest BCUT2D eigenvalue weighted by Crippen LogP contribution is 2.16. The molecule has 0 radical (unpaired) electrons. The molecule has 0 heterocycles. The second-order valence-electron chi connectivity index (χ2n) is 6.72. The van der Waals surface area contributed by atoms with Crippen molar-refractivity contribution >= 4 is 23.4 Å². The Balaban J connectivity index is 1.54. The molecule has 152 valence electrons. The normalized spacial score (nSPS) is 10.2. The fourth-order valence-electron chi connectivity index (χ4n) is 2.64. The first-order valence-corrected chi connectivity index (χ1v) is 9.29. The Morgan fingerprint density at radius 2 is 1.27 bits per heavy atom. The lowest BCUT2D eigenvalue weighted by Crippen LogP contribution is -2.15. The number of nitrogens with zero attached hydrogens (tertiary/aromatic N) is 1. The van der Waals surface area contributed by atoms with E-state index in [2.05, 4.69) is 0 Å². The Kier molecular flexibility index (Phi) is 6.60. The summed E-state index contributed by atoms with van der Waals surface area (Å²) in [6.45, 7) is -0.378. The van der Waals surface area contributed by atoms with Crippen molar-refractivity contribution in [3.8, 4) is 5.75 Å². The van der Waals surface area contributed by atoms with Crippen LogP contribution in [0.3, 0.4) is 0 Å². The van der Waals surface area contributed by atoms with E-state index in [1.54, 1.807) is 48.5 Å². The third-order valence-electron chi connectivity index (χ3n) is 4.35. The molecule has 30 heavy (non-hydrogen) atoms. The second-order valence-corrected chi connectivity index (χ2v) is 6.72. The quantitative estimate of drug-likeness (QED) is 0.337. The molecule has 0 saturated heterocycles. The summed E-state index contributed by atoms with van der Waals surface area (Å²) < 4.78 is 10.4. The third kappa shape index (κ3) is 5.32. The summed E-state index contributed by atoms with van der Waals surface area (Å²) in [5, 5.41) is 0. The molecule has 3 aromatic rings. The van der Waals surface area contributed by atoms with E-state index in [4.69, 9.17) is 9.47 Å². The van der Waals surface area contributed by atoms with E-state index < -0.39 is 11.9 Å². The Morgan fingerprint density at radius 1 is 0.700 bits per heavy atom. The van der Waals surface area contributed by atoms with Gasteiger partial charge in [0.1, 0.15) is 5.75 Å². The lowest BCUT2D eigenvalue weighted by atomic mass is 10.1. The molecule has 0 atom stereocenters. The largest absolute Gasteiger partial charge is 0.454 e. The smallest absolute Gasteiger partial charge is 0.343 e. The van der Waals surface area contributed by atoms with E-state index in [1.165, 1.54) is 24.3 Å². The lowest BCUT2D eigenvalue weighted by Gasteiger charge is -2.12. The van der Waals surface area contributed by atoms with Crippen molar-refractivity contribution in [2.24, 2.45) is 0 Å². The maximum Gasteiger partial charge on any atom is 0.343 e. The highest BCUT2D eigenvalue weighted by molar-refractivity contribution is 5.99. The Labute approximate surface area is 174 Å². The number of ether oxygens (including phenoxy) is 2. The minimum Gasteiger partial charge on any atom is -0.454 e. The van der Waals surface area contributed by atoms with Gasteiger partial charge in [0, 0.05) is 25.3 Å². The summed E-state index contributed by atoms with van der Waals surface area (Å²) in [4.78, 5) is 38.4. The Bertz CT molecular complexity index is 1030. The van der Waals surface area contributed by atoms with E-state index in [9.17, 15) is 14.4 Å². The van der Waals surface area contributed by atoms with E-state index in [-0.39, 0.29) is 12.4 Å². The molecule has 0 fully saturated rings. The predicted molar refractivity (Wildman–Crippen MR) is 113 cm³/mol. The van der Waals surface area contributed by atoms with Crippen LogP contribution in [0, 0.1) is 0 Å². The van der Waals surface area contributed by atoms with Crippen LogP contribution in [0.4, 0.5) is 5.69 Å². The molecule has 0 amide bonds. The van der Waals surface area contributed by atoms with Crippen LogP contribution in [0.2, 0.25) is 0 Å². The summed E-state index contributed by atoms with van der Waals surface area (Å²) in [6.07, 6.45) is 0. The van der Waals surface area contributed by atoms with E-state index >= 15 is 0 Å². The van der Waals surface area contributed by atoms with Crippen molar-refractivity contribution in [2.75, 3.05) is 25.6 Å². The van der Waals surface area contributed by atoms with Crippen LogP contribution in [0.5, 0.6) is 5.75 Å². The van der Waals surface area contributed by atoms with Gasteiger partial charge in [-0.2, -0.15) is 0 Å². The van der Waals surface area contributed by atoms with Gasteiger partial charge in [0.25, 0.3) is 0 Å². The summed E-state index contributed by atoms with van der Waals surface area (Å²) in [5.74, 6) is -1.08. The van der Waals surface area contributed by atoms with Crippen LogP contribution in [0.25, 0.3) is 0 Å². The molecule has 0 aromatic heterocycles. The first-order chi connectivity index (χ1) is 14.4. The van der Waals surface area contributed by atoms with Gasteiger partial charge in [0.2, 0.25) is 0 Å². The molecule has 0 aliphatic rings. The molecular weight excluding hydrogens is 382 g/mol. The van der Waals surface area contributed by atoms with Gasteiger partial charge < -0.3 is 14.4 Å². The van der Waals surface area contributed by atoms with E-state index in [0.29, 0.717) is 22.4 Å². The predicted octanol–water partition coefficient (Wildman–Crippen LogP) is 4.01. The number of hydrogen-bond donors (Lipinski definition) is 0. The van der Waals surface area contributed by atoms with Gasteiger partial charge in [-0.05, 0) is 60.7 Å². The van der Waals surface area contributed by atoms with Crippen molar-refractivity contribution in [2.45, 2.75) is 0 Å². The number of carbonyl (C=O) groups excluding carboxylic acids is 3. The maximum atomic E-state index is 12.3. The van der Waals surface area contributed by atoms with Gasteiger partial charge in [-0.15, -0.1) is 0 Å². The first kappa shape index (κ1) is 20.8. The highest BCUT2D eigenvalue weighted by Gasteiger charge is 2.13. The van der Waals surface area contributed by atoms with Gasteiger partial charge in [-0.25, -0.2) is 9.59 Å². The van der Waals surface area contributed by atoms with Crippen molar-refractivity contribution in [1.82, 2.24) is 0 Å².